The van der Waals surface area contributed by atoms with Gasteiger partial charge in [-0.25, -0.2) is 0 Å². The summed E-state index contributed by atoms with van der Waals surface area (Å²) in [4.78, 5) is 13.4. The maximum absolute atomic E-state index is 11.6. The Morgan fingerprint density at radius 3 is 2.31 bits per heavy atom. The molecule has 0 rings (SSSR count). The summed E-state index contributed by atoms with van der Waals surface area (Å²) in [6.45, 7) is 8.05. The molecule has 1 unspecified atom stereocenters. The van der Waals surface area contributed by atoms with Crippen molar-refractivity contribution in [3.63, 3.8) is 0 Å². The van der Waals surface area contributed by atoms with E-state index in [0.29, 0.717) is 6.42 Å². The minimum atomic E-state index is -0.0635. The Labute approximate surface area is 81.3 Å². The van der Waals surface area contributed by atoms with Gasteiger partial charge < -0.3 is 10.6 Å². The van der Waals surface area contributed by atoms with Crippen LogP contribution in [0, 0.1) is 0 Å². The molecular formula is C10H22N2O. The molecule has 78 valence electrons. The van der Waals surface area contributed by atoms with Gasteiger partial charge in [0.1, 0.15) is 0 Å². The van der Waals surface area contributed by atoms with Crippen LogP contribution in [0.25, 0.3) is 0 Å². The number of amides is 1. The number of rotatable bonds is 4. The molecule has 0 saturated heterocycles. The Morgan fingerprint density at radius 1 is 1.54 bits per heavy atom. The second kappa shape index (κ2) is 4.61. The van der Waals surface area contributed by atoms with Gasteiger partial charge in [-0.05, 0) is 27.2 Å². The van der Waals surface area contributed by atoms with Gasteiger partial charge in [0, 0.05) is 25.0 Å². The molecule has 0 spiro atoms. The van der Waals surface area contributed by atoms with Crippen LogP contribution < -0.4 is 5.73 Å². The van der Waals surface area contributed by atoms with Crippen molar-refractivity contribution >= 4 is 5.91 Å². The van der Waals surface area contributed by atoms with E-state index >= 15 is 0 Å². The van der Waals surface area contributed by atoms with Gasteiger partial charge in [0.2, 0.25) is 5.91 Å². The van der Waals surface area contributed by atoms with Crippen LogP contribution in [0.2, 0.25) is 0 Å². The SMILES string of the molecule is CCC(C)(C)N(C)C(=O)CC(C)N. The van der Waals surface area contributed by atoms with E-state index in [4.69, 9.17) is 5.73 Å². The normalized spacial score (nSPS) is 14.0. The quantitative estimate of drug-likeness (QED) is 0.720. The van der Waals surface area contributed by atoms with Gasteiger partial charge in [0.05, 0.1) is 0 Å². The third-order valence-corrected chi connectivity index (χ3v) is 2.64. The molecule has 2 N–H and O–H groups in total. The molecule has 0 radical (unpaired) electrons. The van der Waals surface area contributed by atoms with Crippen LogP contribution in [0.15, 0.2) is 0 Å². The highest BCUT2D eigenvalue weighted by atomic mass is 16.2. The van der Waals surface area contributed by atoms with Crippen LogP contribution >= 0.6 is 0 Å². The van der Waals surface area contributed by atoms with Crippen molar-refractivity contribution < 1.29 is 4.79 Å². The smallest absolute Gasteiger partial charge is 0.224 e. The third kappa shape index (κ3) is 3.77. The molecule has 0 aliphatic rings. The fourth-order valence-electron chi connectivity index (χ4n) is 0.987. The zero-order chi connectivity index (χ0) is 10.6. The van der Waals surface area contributed by atoms with E-state index in [0.717, 1.165) is 6.42 Å². The molecule has 0 fully saturated rings. The molecule has 1 amide bonds. The van der Waals surface area contributed by atoms with Crippen LogP contribution in [0.1, 0.15) is 40.5 Å². The number of hydrogen-bond donors (Lipinski definition) is 1. The van der Waals surface area contributed by atoms with E-state index in [1.54, 1.807) is 4.90 Å². The van der Waals surface area contributed by atoms with Crippen molar-refractivity contribution in [1.82, 2.24) is 4.90 Å². The number of hydrogen-bond acceptors (Lipinski definition) is 2. The fourth-order valence-corrected chi connectivity index (χ4v) is 0.987. The van der Waals surface area contributed by atoms with Crippen LogP contribution in [0.4, 0.5) is 0 Å². The largest absolute Gasteiger partial charge is 0.341 e. The molecule has 3 nitrogen and oxygen atoms in total. The monoisotopic (exact) mass is 186 g/mol. The first-order chi connectivity index (χ1) is 5.81. The second-order valence-corrected chi connectivity index (χ2v) is 4.30. The predicted octanol–water partition coefficient (Wildman–Crippen LogP) is 1.37. The molecule has 0 aromatic rings. The highest BCUT2D eigenvalue weighted by molar-refractivity contribution is 5.77. The number of carbonyl (C=O) groups excluding carboxylic acids is 1. The summed E-state index contributed by atoms with van der Waals surface area (Å²) in [6.07, 6.45) is 1.38. The van der Waals surface area contributed by atoms with E-state index in [9.17, 15) is 4.79 Å². The molecule has 1 atom stereocenters. The van der Waals surface area contributed by atoms with Gasteiger partial charge in [-0.1, -0.05) is 6.92 Å². The average Bonchev–Trinajstić information content (AvgIpc) is 2.01. The van der Waals surface area contributed by atoms with Gasteiger partial charge in [0.25, 0.3) is 0 Å². The topological polar surface area (TPSA) is 46.3 Å². The first kappa shape index (κ1) is 12.4. The third-order valence-electron chi connectivity index (χ3n) is 2.64. The first-order valence-corrected chi connectivity index (χ1v) is 4.83. The maximum Gasteiger partial charge on any atom is 0.224 e. The minimum Gasteiger partial charge on any atom is -0.341 e. The van der Waals surface area contributed by atoms with Gasteiger partial charge in [-0.15, -0.1) is 0 Å². The Hall–Kier alpha value is -0.570. The first-order valence-electron chi connectivity index (χ1n) is 4.83. The molecule has 0 aliphatic heterocycles. The molecule has 0 aliphatic carbocycles. The zero-order valence-electron chi connectivity index (χ0n) is 9.42. The van der Waals surface area contributed by atoms with Crippen molar-refractivity contribution in [3.8, 4) is 0 Å². The second-order valence-electron chi connectivity index (χ2n) is 4.30. The Bertz CT molecular complexity index is 176. The predicted molar refractivity (Wildman–Crippen MR) is 55.4 cm³/mol. The van der Waals surface area contributed by atoms with E-state index in [1.165, 1.54) is 0 Å². The van der Waals surface area contributed by atoms with E-state index in [1.807, 2.05) is 14.0 Å². The van der Waals surface area contributed by atoms with Crippen LogP contribution in [0.3, 0.4) is 0 Å². The highest BCUT2D eigenvalue weighted by Crippen LogP contribution is 2.17. The number of nitrogens with zero attached hydrogens (tertiary/aromatic N) is 1. The average molecular weight is 186 g/mol. The minimum absolute atomic E-state index is 0.0531. The van der Waals surface area contributed by atoms with E-state index < -0.39 is 0 Å². The number of nitrogens with two attached hydrogens (primary N) is 1. The van der Waals surface area contributed by atoms with Gasteiger partial charge in [-0.3, -0.25) is 4.79 Å². The summed E-state index contributed by atoms with van der Waals surface area (Å²) >= 11 is 0. The van der Waals surface area contributed by atoms with Crippen LogP contribution in [-0.2, 0) is 4.79 Å². The Kier molecular flexibility index (Phi) is 4.40. The summed E-state index contributed by atoms with van der Waals surface area (Å²) < 4.78 is 0. The Balaban J connectivity index is 4.25. The van der Waals surface area contributed by atoms with Crippen molar-refractivity contribution in [2.24, 2.45) is 5.73 Å². The standard InChI is InChI=1S/C10H22N2O/c1-6-10(3,4)12(5)9(13)7-8(2)11/h8H,6-7,11H2,1-5H3. The van der Waals surface area contributed by atoms with Gasteiger partial charge in [0.15, 0.2) is 0 Å². The summed E-state index contributed by atoms with van der Waals surface area (Å²) in [5, 5.41) is 0. The molecule has 0 heterocycles. The fraction of sp³-hybridized carbons (Fsp3) is 0.900. The van der Waals surface area contributed by atoms with E-state index in [-0.39, 0.29) is 17.5 Å². The molecule has 0 aromatic heterocycles. The lowest BCUT2D eigenvalue weighted by Gasteiger charge is -2.35. The van der Waals surface area contributed by atoms with Gasteiger partial charge >= 0.3 is 0 Å². The lowest BCUT2D eigenvalue weighted by molar-refractivity contribution is -0.135. The summed E-state index contributed by atoms with van der Waals surface area (Å²) in [5.41, 5.74) is 5.50. The zero-order valence-corrected chi connectivity index (χ0v) is 9.42. The summed E-state index contributed by atoms with van der Waals surface area (Å²) in [6, 6.07) is -0.0531. The van der Waals surface area contributed by atoms with E-state index in [2.05, 4.69) is 20.8 Å². The maximum atomic E-state index is 11.6. The molecule has 3 heteroatoms. The number of carbonyl (C=O) groups is 1. The van der Waals surface area contributed by atoms with Crippen molar-refractivity contribution in [2.45, 2.75) is 52.1 Å². The van der Waals surface area contributed by atoms with Crippen LogP contribution in [0.5, 0.6) is 0 Å². The van der Waals surface area contributed by atoms with Crippen molar-refractivity contribution in [1.29, 1.82) is 0 Å². The molecule has 0 saturated carbocycles. The van der Waals surface area contributed by atoms with Crippen molar-refractivity contribution in [2.75, 3.05) is 7.05 Å². The Morgan fingerprint density at radius 2 is 2.00 bits per heavy atom. The lowest BCUT2D eigenvalue weighted by atomic mass is 9.99. The highest BCUT2D eigenvalue weighted by Gasteiger charge is 2.25. The lowest BCUT2D eigenvalue weighted by Crippen LogP contribution is -2.45. The van der Waals surface area contributed by atoms with Crippen LogP contribution in [-0.4, -0.2) is 29.4 Å². The molecule has 0 bridgehead atoms. The van der Waals surface area contributed by atoms with Crippen molar-refractivity contribution in [3.05, 3.63) is 0 Å². The molecule has 0 aromatic carbocycles. The molecule has 13 heavy (non-hydrogen) atoms. The summed E-state index contributed by atoms with van der Waals surface area (Å²) in [7, 11) is 1.84. The summed E-state index contributed by atoms with van der Waals surface area (Å²) in [5.74, 6) is 0.127. The molecular weight excluding hydrogens is 164 g/mol. The van der Waals surface area contributed by atoms with Gasteiger partial charge in [-0.2, -0.15) is 0 Å².